The standard InChI is InChI=1S/C21H24ClN3O/c1-2-23-21(26)18-12-15-6-3-4-9-19(15)25-11-10-24(14-20(18)25)17-8-5-7-16(22)13-17/h3-9,13,18,20H,2,10-12,14H2,1H3,(H,23,26). The zero-order chi connectivity index (χ0) is 18.1. The van der Waals surface area contributed by atoms with Gasteiger partial charge in [0.25, 0.3) is 0 Å². The first-order valence-corrected chi connectivity index (χ1v) is 9.68. The largest absolute Gasteiger partial charge is 0.368 e. The summed E-state index contributed by atoms with van der Waals surface area (Å²) in [6.45, 7) is 5.31. The van der Waals surface area contributed by atoms with E-state index < -0.39 is 0 Å². The van der Waals surface area contributed by atoms with E-state index in [4.69, 9.17) is 11.6 Å². The molecular formula is C21H24ClN3O. The third-order valence-electron chi connectivity index (χ3n) is 5.49. The van der Waals surface area contributed by atoms with Crippen molar-refractivity contribution < 1.29 is 4.79 Å². The molecule has 4 nitrogen and oxygen atoms in total. The van der Waals surface area contributed by atoms with E-state index in [-0.39, 0.29) is 17.9 Å². The van der Waals surface area contributed by atoms with Gasteiger partial charge in [0, 0.05) is 42.6 Å². The van der Waals surface area contributed by atoms with Crippen LogP contribution in [0.15, 0.2) is 48.5 Å². The molecule has 2 atom stereocenters. The minimum absolute atomic E-state index is 0.0353. The molecule has 0 bridgehead atoms. The van der Waals surface area contributed by atoms with E-state index in [9.17, 15) is 4.79 Å². The van der Waals surface area contributed by atoms with Gasteiger partial charge in [0.05, 0.1) is 12.0 Å². The Labute approximate surface area is 159 Å². The molecule has 2 unspecified atom stereocenters. The quantitative estimate of drug-likeness (QED) is 0.901. The van der Waals surface area contributed by atoms with Crippen LogP contribution in [0.3, 0.4) is 0 Å². The van der Waals surface area contributed by atoms with E-state index in [0.717, 1.165) is 36.8 Å². The van der Waals surface area contributed by atoms with Gasteiger partial charge in [-0.3, -0.25) is 4.79 Å². The summed E-state index contributed by atoms with van der Waals surface area (Å²) in [5.74, 6) is 0.122. The van der Waals surface area contributed by atoms with Crippen LogP contribution < -0.4 is 15.1 Å². The number of carbonyl (C=O) groups is 1. The number of carbonyl (C=O) groups excluding carboxylic acids is 1. The van der Waals surface area contributed by atoms with Gasteiger partial charge in [0.1, 0.15) is 0 Å². The lowest BCUT2D eigenvalue weighted by Crippen LogP contribution is -2.61. The van der Waals surface area contributed by atoms with E-state index in [1.54, 1.807) is 0 Å². The summed E-state index contributed by atoms with van der Waals surface area (Å²) in [5.41, 5.74) is 3.69. The van der Waals surface area contributed by atoms with Crippen LogP contribution in [-0.2, 0) is 11.2 Å². The van der Waals surface area contributed by atoms with E-state index in [2.05, 4.69) is 45.4 Å². The first-order chi connectivity index (χ1) is 12.7. The lowest BCUT2D eigenvalue weighted by atomic mass is 9.83. The first kappa shape index (κ1) is 17.2. The number of rotatable bonds is 3. The Hall–Kier alpha value is -2.20. The molecule has 1 saturated heterocycles. The summed E-state index contributed by atoms with van der Waals surface area (Å²) in [6, 6.07) is 16.7. The molecule has 2 heterocycles. The van der Waals surface area contributed by atoms with Crippen molar-refractivity contribution in [2.45, 2.75) is 19.4 Å². The smallest absolute Gasteiger partial charge is 0.225 e. The number of piperazine rings is 1. The van der Waals surface area contributed by atoms with E-state index in [1.807, 2.05) is 25.1 Å². The van der Waals surface area contributed by atoms with Crippen LogP contribution in [0.2, 0.25) is 5.02 Å². The Morgan fingerprint density at radius 1 is 1.19 bits per heavy atom. The van der Waals surface area contributed by atoms with Gasteiger partial charge in [-0.25, -0.2) is 0 Å². The Balaban J connectivity index is 1.66. The highest BCUT2D eigenvalue weighted by molar-refractivity contribution is 6.30. The fourth-order valence-corrected chi connectivity index (χ4v) is 4.45. The lowest BCUT2D eigenvalue weighted by Gasteiger charge is -2.49. The Morgan fingerprint density at radius 3 is 2.85 bits per heavy atom. The van der Waals surface area contributed by atoms with Crippen LogP contribution in [0.1, 0.15) is 12.5 Å². The minimum Gasteiger partial charge on any atom is -0.368 e. The van der Waals surface area contributed by atoms with Crippen molar-refractivity contribution in [3.8, 4) is 0 Å². The second-order valence-corrected chi connectivity index (χ2v) is 7.46. The van der Waals surface area contributed by atoms with Gasteiger partial charge in [-0.1, -0.05) is 35.9 Å². The summed E-state index contributed by atoms with van der Waals surface area (Å²) < 4.78 is 0. The van der Waals surface area contributed by atoms with Crippen LogP contribution in [0.25, 0.3) is 0 Å². The normalized spacial score (nSPS) is 21.8. The van der Waals surface area contributed by atoms with Gasteiger partial charge < -0.3 is 15.1 Å². The third kappa shape index (κ3) is 3.14. The number of hydrogen-bond acceptors (Lipinski definition) is 3. The molecular weight excluding hydrogens is 346 g/mol. The molecule has 136 valence electrons. The number of benzene rings is 2. The zero-order valence-electron chi connectivity index (χ0n) is 15.0. The van der Waals surface area contributed by atoms with Crippen LogP contribution >= 0.6 is 11.6 Å². The molecule has 0 aliphatic carbocycles. The fourth-order valence-electron chi connectivity index (χ4n) is 4.27. The topological polar surface area (TPSA) is 35.6 Å². The molecule has 1 fully saturated rings. The molecule has 1 amide bonds. The number of halogens is 1. The van der Waals surface area contributed by atoms with Crippen molar-refractivity contribution in [3.63, 3.8) is 0 Å². The van der Waals surface area contributed by atoms with Crippen LogP contribution in [0.4, 0.5) is 11.4 Å². The van der Waals surface area contributed by atoms with E-state index >= 15 is 0 Å². The van der Waals surface area contributed by atoms with Crippen LogP contribution in [-0.4, -0.2) is 38.1 Å². The van der Waals surface area contributed by atoms with Crippen molar-refractivity contribution in [3.05, 3.63) is 59.1 Å². The van der Waals surface area contributed by atoms with Gasteiger partial charge in [-0.15, -0.1) is 0 Å². The molecule has 0 saturated carbocycles. The maximum absolute atomic E-state index is 12.8. The van der Waals surface area contributed by atoms with Gasteiger partial charge in [0.2, 0.25) is 5.91 Å². The minimum atomic E-state index is -0.0353. The van der Waals surface area contributed by atoms with Crippen molar-refractivity contribution in [1.82, 2.24) is 5.32 Å². The van der Waals surface area contributed by atoms with Crippen LogP contribution in [0, 0.1) is 5.92 Å². The molecule has 0 aromatic heterocycles. The number of nitrogens with one attached hydrogen (secondary N) is 1. The third-order valence-corrected chi connectivity index (χ3v) is 5.72. The second-order valence-electron chi connectivity index (χ2n) is 7.02. The number of hydrogen-bond donors (Lipinski definition) is 1. The molecule has 0 radical (unpaired) electrons. The molecule has 4 rings (SSSR count). The average Bonchev–Trinajstić information content (AvgIpc) is 2.67. The van der Waals surface area contributed by atoms with Crippen molar-refractivity contribution in [2.24, 2.45) is 5.92 Å². The highest BCUT2D eigenvalue weighted by Crippen LogP contribution is 2.37. The SMILES string of the molecule is CCNC(=O)C1Cc2ccccc2N2CCN(c3cccc(Cl)c3)CC12. The highest BCUT2D eigenvalue weighted by atomic mass is 35.5. The second kappa shape index (κ2) is 7.20. The molecule has 26 heavy (non-hydrogen) atoms. The van der Waals surface area contributed by atoms with Gasteiger partial charge in [0.15, 0.2) is 0 Å². The summed E-state index contributed by atoms with van der Waals surface area (Å²) in [4.78, 5) is 17.6. The molecule has 2 aromatic carbocycles. The lowest BCUT2D eigenvalue weighted by molar-refractivity contribution is -0.125. The fraction of sp³-hybridized carbons (Fsp3) is 0.381. The molecule has 0 spiro atoms. The first-order valence-electron chi connectivity index (χ1n) is 9.30. The van der Waals surface area contributed by atoms with Gasteiger partial charge in [-0.2, -0.15) is 0 Å². The van der Waals surface area contributed by atoms with Crippen LogP contribution in [0.5, 0.6) is 0 Å². The highest BCUT2D eigenvalue weighted by Gasteiger charge is 2.41. The predicted molar refractivity (Wildman–Crippen MR) is 107 cm³/mol. The van der Waals surface area contributed by atoms with Gasteiger partial charge >= 0.3 is 0 Å². The number of fused-ring (bicyclic) bond motifs is 3. The average molecular weight is 370 g/mol. The van der Waals surface area contributed by atoms with E-state index in [0.29, 0.717) is 6.54 Å². The number of nitrogens with zero attached hydrogens (tertiary/aromatic N) is 2. The number of anilines is 2. The molecule has 5 heteroatoms. The molecule has 2 aliphatic heterocycles. The van der Waals surface area contributed by atoms with Gasteiger partial charge in [-0.05, 0) is 43.2 Å². The number of amides is 1. The summed E-state index contributed by atoms with van der Waals surface area (Å²) in [7, 11) is 0. The summed E-state index contributed by atoms with van der Waals surface area (Å²) in [6.07, 6.45) is 0.798. The monoisotopic (exact) mass is 369 g/mol. The zero-order valence-corrected chi connectivity index (χ0v) is 15.7. The van der Waals surface area contributed by atoms with E-state index in [1.165, 1.54) is 11.3 Å². The Kier molecular flexibility index (Phi) is 4.77. The molecule has 2 aromatic rings. The number of para-hydroxylation sites is 1. The van der Waals surface area contributed by atoms with Crippen molar-refractivity contribution >= 4 is 28.9 Å². The summed E-state index contributed by atoms with van der Waals surface area (Å²) >= 11 is 6.19. The Morgan fingerprint density at radius 2 is 2.04 bits per heavy atom. The molecule has 1 N–H and O–H groups in total. The van der Waals surface area contributed by atoms with Crippen molar-refractivity contribution in [2.75, 3.05) is 36.0 Å². The molecule has 2 aliphatic rings. The summed E-state index contributed by atoms with van der Waals surface area (Å²) in [5, 5.41) is 3.79. The maximum atomic E-state index is 12.8. The maximum Gasteiger partial charge on any atom is 0.225 e. The predicted octanol–water partition coefficient (Wildman–Crippen LogP) is 3.34. The Bertz CT molecular complexity index is 809. The van der Waals surface area contributed by atoms with Crippen molar-refractivity contribution in [1.29, 1.82) is 0 Å².